The average molecular weight is 431 g/mol. The van der Waals surface area contributed by atoms with Crippen molar-refractivity contribution in [1.82, 2.24) is 4.98 Å². The van der Waals surface area contributed by atoms with Crippen LogP contribution in [0, 0.1) is 5.92 Å². The molecule has 0 aliphatic heterocycles. The lowest BCUT2D eigenvalue weighted by Gasteiger charge is -2.24. The number of para-hydroxylation sites is 1. The van der Waals surface area contributed by atoms with Gasteiger partial charge >= 0.3 is 5.97 Å². The van der Waals surface area contributed by atoms with E-state index in [2.05, 4.69) is 17.6 Å². The Balaban J connectivity index is 1.48. The Morgan fingerprint density at radius 2 is 1.72 bits per heavy atom. The van der Waals surface area contributed by atoms with Crippen LogP contribution in [-0.2, 0) is 27.2 Å². The van der Waals surface area contributed by atoms with E-state index in [1.54, 1.807) is 24.3 Å². The number of carbonyl (C=O) groups is 3. The molecule has 1 heterocycles. The summed E-state index contributed by atoms with van der Waals surface area (Å²) in [7, 11) is 0. The molecule has 2 amide bonds. The fourth-order valence-corrected chi connectivity index (χ4v) is 4.04. The van der Waals surface area contributed by atoms with E-state index in [1.165, 1.54) is 6.92 Å². The first kappa shape index (κ1) is 21.5. The SMILES string of the molecule is CC(=O)Nc1ccc(NC(=O)COC(=O)c2c3c(nc4ccccc24)CCC(C)C3)cc1. The van der Waals surface area contributed by atoms with Crippen molar-refractivity contribution in [2.75, 3.05) is 17.2 Å². The van der Waals surface area contributed by atoms with Gasteiger partial charge in [0.05, 0.1) is 11.1 Å². The molecule has 7 nitrogen and oxygen atoms in total. The summed E-state index contributed by atoms with van der Waals surface area (Å²) >= 11 is 0. The highest BCUT2D eigenvalue weighted by atomic mass is 16.5. The van der Waals surface area contributed by atoms with Gasteiger partial charge in [0.25, 0.3) is 5.91 Å². The third kappa shape index (κ3) is 4.77. The smallest absolute Gasteiger partial charge is 0.339 e. The highest BCUT2D eigenvalue weighted by Crippen LogP contribution is 2.32. The summed E-state index contributed by atoms with van der Waals surface area (Å²) in [6.07, 6.45) is 2.64. The van der Waals surface area contributed by atoms with E-state index < -0.39 is 18.5 Å². The molecule has 0 spiro atoms. The molecule has 2 N–H and O–H groups in total. The van der Waals surface area contributed by atoms with Crippen molar-refractivity contribution in [2.24, 2.45) is 5.92 Å². The number of nitrogens with one attached hydrogen (secondary N) is 2. The number of amides is 2. The van der Waals surface area contributed by atoms with Crippen LogP contribution < -0.4 is 10.6 Å². The minimum Gasteiger partial charge on any atom is -0.452 e. The first-order chi connectivity index (χ1) is 15.4. The average Bonchev–Trinajstić information content (AvgIpc) is 2.77. The molecule has 1 aliphatic carbocycles. The van der Waals surface area contributed by atoms with Gasteiger partial charge in [0, 0.05) is 29.4 Å². The lowest BCUT2D eigenvalue weighted by molar-refractivity contribution is -0.119. The van der Waals surface area contributed by atoms with Crippen LogP contribution in [0.1, 0.15) is 41.9 Å². The molecule has 1 unspecified atom stereocenters. The molecule has 0 fully saturated rings. The van der Waals surface area contributed by atoms with Gasteiger partial charge in [-0.25, -0.2) is 4.79 Å². The predicted molar refractivity (Wildman–Crippen MR) is 123 cm³/mol. The quantitative estimate of drug-likeness (QED) is 0.593. The molecule has 0 radical (unpaired) electrons. The van der Waals surface area contributed by atoms with Crippen LogP contribution in [0.25, 0.3) is 10.9 Å². The molecule has 4 rings (SSSR count). The fourth-order valence-electron chi connectivity index (χ4n) is 4.04. The second-order valence-electron chi connectivity index (χ2n) is 8.16. The van der Waals surface area contributed by atoms with Gasteiger partial charge in [0.1, 0.15) is 0 Å². The van der Waals surface area contributed by atoms with E-state index in [1.807, 2.05) is 24.3 Å². The molecule has 164 valence electrons. The molecule has 3 aromatic rings. The molecule has 0 saturated heterocycles. The Kier molecular flexibility index (Phi) is 6.16. The van der Waals surface area contributed by atoms with Gasteiger partial charge in [0.2, 0.25) is 5.91 Å². The van der Waals surface area contributed by atoms with Crippen molar-refractivity contribution in [3.8, 4) is 0 Å². The highest BCUT2D eigenvalue weighted by Gasteiger charge is 2.26. The standard InChI is InChI=1S/C25H25N3O4/c1-15-7-12-22-20(13-15)24(19-5-3-4-6-21(19)28-22)25(31)32-14-23(30)27-18-10-8-17(9-11-18)26-16(2)29/h3-6,8-11,15H,7,12-14H2,1-2H3,(H,26,29)(H,27,30). The number of rotatable bonds is 5. The summed E-state index contributed by atoms with van der Waals surface area (Å²) in [6, 6.07) is 14.2. The van der Waals surface area contributed by atoms with Gasteiger partial charge in [-0.05, 0) is 61.1 Å². The number of benzene rings is 2. The molecule has 1 aromatic heterocycles. The summed E-state index contributed by atoms with van der Waals surface area (Å²) in [6.45, 7) is 3.19. The van der Waals surface area contributed by atoms with Crippen molar-refractivity contribution in [2.45, 2.75) is 33.1 Å². The third-order valence-electron chi connectivity index (χ3n) is 5.53. The molecule has 1 atom stereocenters. The molecule has 32 heavy (non-hydrogen) atoms. The number of carbonyl (C=O) groups excluding carboxylic acids is 3. The molecule has 2 aromatic carbocycles. The Morgan fingerprint density at radius 1 is 1.03 bits per heavy atom. The summed E-state index contributed by atoms with van der Waals surface area (Å²) in [5, 5.41) is 6.10. The van der Waals surface area contributed by atoms with Crippen LogP contribution >= 0.6 is 0 Å². The lowest BCUT2D eigenvalue weighted by atomic mass is 9.84. The van der Waals surface area contributed by atoms with Gasteiger partial charge in [-0.15, -0.1) is 0 Å². The molecular weight excluding hydrogens is 406 g/mol. The van der Waals surface area contributed by atoms with Crippen molar-refractivity contribution >= 4 is 40.1 Å². The van der Waals surface area contributed by atoms with E-state index in [9.17, 15) is 14.4 Å². The van der Waals surface area contributed by atoms with Gasteiger partial charge in [-0.1, -0.05) is 25.1 Å². The summed E-state index contributed by atoms with van der Waals surface area (Å²) in [5.74, 6) is -0.661. The predicted octanol–water partition coefficient (Wildman–Crippen LogP) is 4.11. The van der Waals surface area contributed by atoms with Crippen LogP contribution in [0.2, 0.25) is 0 Å². The zero-order valence-electron chi connectivity index (χ0n) is 18.1. The second-order valence-corrected chi connectivity index (χ2v) is 8.16. The van der Waals surface area contributed by atoms with Gasteiger partial charge in [-0.2, -0.15) is 0 Å². The molecular formula is C25H25N3O4. The number of ether oxygens (including phenoxy) is 1. The van der Waals surface area contributed by atoms with Crippen LogP contribution in [0.4, 0.5) is 11.4 Å². The Morgan fingerprint density at radius 3 is 2.44 bits per heavy atom. The second kappa shape index (κ2) is 9.18. The fraction of sp³-hybridized carbons (Fsp3) is 0.280. The third-order valence-corrected chi connectivity index (χ3v) is 5.53. The Bertz CT molecular complexity index is 1190. The zero-order valence-corrected chi connectivity index (χ0v) is 18.1. The van der Waals surface area contributed by atoms with Gasteiger partial charge in [0.15, 0.2) is 6.61 Å². The summed E-state index contributed by atoms with van der Waals surface area (Å²) in [4.78, 5) is 41.3. The maximum atomic E-state index is 13.1. The number of pyridine rings is 1. The first-order valence-corrected chi connectivity index (χ1v) is 10.7. The van der Waals surface area contributed by atoms with Gasteiger partial charge in [-0.3, -0.25) is 14.6 Å². The normalized spacial score (nSPS) is 15.0. The van der Waals surface area contributed by atoms with Crippen molar-refractivity contribution in [1.29, 1.82) is 0 Å². The number of hydrogen-bond donors (Lipinski definition) is 2. The monoisotopic (exact) mass is 431 g/mol. The molecule has 0 bridgehead atoms. The minimum absolute atomic E-state index is 0.172. The number of nitrogens with zero attached hydrogens (tertiary/aromatic N) is 1. The lowest BCUT2D eigenvalue weighted by Crippen LogP contribution is -2.23. The number of anilines is 2. The van der Waals surface area contributed by atoms with E-state index in [-0.39, 0.29) is 5.91 Å². The number of esters is 1. The van der Waals surface area contributed by atoms with Crippen LogP contribution in [0.3, 0.4) is 0 Å². The van der Waals surface area contributed by atoms with E-state index in [0.29, 0.717) is 22.9 Å². The number of aromatic nitrogens is 1. The van der Waals surface area contributed by atoms with E-state index in [4.69, 9.17) is 9.72 Å². The summed E-state index contributed by atoms with van der Waals surface area (Å²) < 4.78 is 5.41. The van der Waals surface area contributed by atoms with Crippen LogP contribution in [-0.4, -0.2) is 29.4 Å². The minimum atomic E-state index is -0.509. The highest BCUT2D eigenvalue weighted by molar-refractivity contribution is 6.06. The van der Waals surface area contributed by atoms with Crippen LogP contribution in [0.15, 0.2) is 48.5 Å². The van der Waals surface area contributed by atoms with Crippen LogP contribution in [0.5, 0.6) is 0 Å². The molecule has 7 heteroatoms. The number of fused-ring (bicyclic) bond motifs is 2. The number of hydrogen-bond acceptors (Lipinski definition) is 5. The Labute approximate surface area is 186 Å². The van der Waals surface area contributed by atoms with Gasteiger partial charge < -0.3 is 15.4 Å². The molecule has 1 aliphatic rings. The zero-order chi connectivity index (χ0) is 22.7. The van der Waals surface area contributed by atoms with E-state index >= 15 is 0 Å². The van der Waals surface area contributed by atoms with Crippen molar-refractivity contribution in [3.05, 3.63) is 65.4 Å². The maximum absolute atomic E-state index is 13.1. The topological polar surface area (TPSA) is 97.4 Å². The van der Waals surface area contributed by atoms with Crippen molar-refractivity contribution < 1.29 is 19.1 Å². The van der Waals surface area contributed by atoms with E-state index in [0.717, 1.165) is 41.4 Å². The largest absolute Gasteiger partial charge is 0.452 e. The summed E-state index contributed by atoms with van der Waals surface area (Å²) in [5.41, 5.74) is 4.33. The maximum Gasteiger partial charge on any atom is 0.339 e. The van der Waals surface area contributed by atoms with Crippen molar-refractivity contribution in [3.63, 3.8) is 0 Å². The first-order valence-electron chi connectivity index (χ1n) is 10.7. The number of aryl methyl sites for hydroxylation is 1. The molecule has 0 saturated carbocycles. The Hall–Kier alpha value is -3.74.